The molecule has 0 amide bonds. The maximum atomic E-state index is 11.6. The van der Waals surface area contributed by atoms with Crippen LogP contribution in [0.4, 0.5) is 29.1 Å². The summed E-state index contributed by atoms with van der Waals surface area (Å²) in [7, 11) is 1.89. The van der Waals surface area contributed by atoms with Crippen molar-refractivity contribution in [1.82, 2.24) is 19.5 Å². The second-order valence-electron chi connectivity index (χ2n) is 6.91. The Labute approximate surface area is 179 Å². The lowest BCUT2D eigenvalue weighted by Crippen LogP contribution is -2.13. The molecule has 4 aromatic rings. The number of hydrogen-bond acceptors (Lipinski definition) is 8. The maximum absolute atomic E-state index is 11.6. The average molecular weight is 439 g/mol. The molecule has 160 valence electrons. The fraction of sp³-hybridized carbons (Fsp3) is 0.150. The van der Waals surface area contributed by atoms with Crippen molar-refractivity contribution < 1.29 is 8.42 Å². The van der Waals surface area contributed by atoms with Gasteiger partial charge in [0.2, 0.25) is 21.9 Å². The summed E-state index contributed by atoms with van der Waals surface area (Å²) in [6.45, 7) is 0. The number of rotatable bonds is 6. The number of nitrogens with zero attached hydrogens (tertiary/aromatic N) is 5. The minimum absolute atomic E-state index is 0.00961. The number of primary sulfonamides is 1. The summed E-state index contributed by atoms with van der Waals surface area (Å²) in [5.41, 5.74) is 3.31. The third-order valence-electron chi connectivity index (χ3n) is 4.88. The number of hydrogen-bond donors (Lipinski definition) is 3. The highest BCUT2D eigenvalue weighted by Crippen LogP contribution is 2.28. The predicted molar refractivity (Wildman–Crippen MR) is 121 cm³/mol. The molecular weight excluding hydrogens is 416 g/mol. The third-order valence-corrected chi connectivity index (χ3v) is 5.79. The van der Waals surface area contributed by atoms with Crippen LogP contribution in [-0.2, 0) is 17.1 Å². The Balaban J connectivity index is 1.61. The van der Waals surface area contributed by atoms with Gasteiger partial charge in [0.1, 0.15) is 5.82 Å². The van der Waals surface area contributed by atoms with Crippen LogP contribution >= 0.6 is 0 Å². The summed E-state index contributed by atoms with van der Waals surface area (Å²) in [6.07, 6.45) is 1.63. The summed E-state index contributed by atoms with van der Waals surface area (Å²) in [4.78, 5) is 15.3. The number of benzene rings is 2. The first-order valence-electron chi connectivity index (χ1n) is 9.37. The van der Waals surface area contributed by atoms with E-state index in [1.54, 1.807) is 24.4 Å². The van der Waals surface area contributed by atoms with E-state index in [0.29, 0.717) is 17.5 Å². The number of nitrogens with one attached hydrogen (secondary N) is 2. The number of fused-ring (bicyclic) bond motifs is 1. The van der Waals surface area contributed by atoms with Gasteiger partial charge in [-0.15, -0.1) is 0 Å². The molecule has 0 bridgehead atoms. The molecule has 0 saturated heterocycles. The summed E-state index contributed by atoms with van der Waals surface area (Å²) in [5, 5.41) is 11.3. The molecule has 2 aromatic heterocycles. The molecule has 2 heterocycles. The lowest BCUT2D eigenvalue weighted by Gasteiger charge is -2.19. The number of aromatic nitrogens is 4. The first-order valence-corrected chi connectivity index (χ1v) is 10.9. The highest BCUT2D eigenvalue weighted by atomic mass is 32.2. The molecule has 31 heavy (non-hydrogen) atoms. The van der Waals surface area contributed by atoms with Gasteiger partial charge in [-0.25, -0.2) is 23.5 Å². The minimum Gasteiger partial charge on any atom is -0.359 e. The van der Waals surface area contributed by atoms with E-state index in [9.17, 15) is 8.42 Å². The van der Waals surface area contributed by atoms with Gasteiger partial charge < -0.3 is 20.1 Å². The number of anilines is 5. The Morgan fingerprint density at radius 3 is 2.65 bits per heavy atom. The second-order valence-corrected chi connectivity index (χ2v) is 8.47. The molecule has 4 rings (SSSR count). The summed E-state index contributed by atoms with van der Waals surface area (Å²) < 4.78 is 25.1. The SMILES string of the molecule is CNc1nc2cc(N(C)c3ccnc(Nc4cccc(S(N)(=O)=O)c4)n3)ccc2n1C. The van der Waals surface area contributed by atoms with E-state index < -0.39 is 10.0 Å². The smallest absolute Gasteiger partial charge is 0.238 e. The normalized spacial score (nSPS) is 11.5. The van der Waals surface area contributed by atoms with E-state index in [2.05, 4.69) is 25.6 Å². The average Bonchev–Trinajstić information content (AvgIpc) is 3.08. The molecule has 2 aromatic carbocycles. The summed E-state index contributed by atoms with van der Waals surface area (Å²) in [6, 6.07) is 13.9. The van der Waals surface area contributed by atoms with Crippen molar-refractivity contribution in [1.29, 1.82) is 0 Å². The van der Waals surface area contributed by atoms with Gasteiger partial charge in [0, 0.05) is 38.7 Å². The minimum atomic E-state index is -3.80. The van der Waals surface area contributed by atoms with Crippen molar-refractivity contribution in [3.8, 4) is 0 Å². The van der Waals surface area contributed by atoms with Gasteiger partial charge in [-0.3, -0.25) is 0 Å². The summed E-state index contributed by atoms with van der Waals surface area (Å²) >= 11 is 0. The standard InChI is InChI=1S/C20H22N8O2S/c1-22-20-25-16-12-14(7-8-17(16)28(20)3)27(2)18-9-10-23-19(26-18)24-13-5-4-6-15(11-13)31(21,29)30/h4-12H,1-3H3,(H,22,25)(H2,21,29,30)(H,23,24,26). The zero-order chi connectivity index (χ0) is 22.2. The molecule has 0 aliphatic heterocycles. The van der Waals surface area contributed by atoms with Crippen molar-refractivity contribution >= 4 is 50.1 Å². The van der Waals surface area contributed by atoms with Gasteiger partial charge in [0.05, 0.1) is 15.9 Å². The van der Waals surface area contributed by atoms with E-state index in [-0.39, 0.29) is 4.90 Å². The maximum Gasteiger partial charge on any atom is 0.238 e. The molecule has 0 spiro atoms. The molecule has 0 aliphatic carbocycles. The van der Waals surface area contributed by atoms with E-state index in [1.165, 1.54) is 12.1 Å². The van der Waals surface area contributed by atoms with Crippen LogP contribution in [-0.4, -0.2) is 42.0 Å². The number of sulfonamides is 1. The molecule has 0 saturated carbocycles. The van der Waals surface area contributed by atoms with Gasteiger partial charge >= 0.3 is 0 Å². The van der Waals surface area contributed by atoms with Crippen LogP contribution in [0.1, 0.15) is 0 Å². The molecule has 0 radical (unpaired) electrons. The van der Waals surface area contributed by atoms with Crippen molar-refractivity contribution in [3.05, 3.63) is 54.7 Å². The number of aryl methyl sites for hydroxylation is 1. The van der Waals surface area contributed by atoms with Crippen LogP contribution in [0.2, 0.25) is 0 Å². The monoisotopic (exact) mass is 438 g/mol. The topological polar surface area (TPSA) is 131 Å². The van der Waals surface area contributed by atoms with Gasteiger partial charge in [-0.1, -0.05) is 6.07 Å². The van der Waals surface area contributed by atoms with Crippen LogP contribution in [0.15, 0.2) is 59.6 Å². The zero-order valence-electron chi connectivity index (χ0n) is 17.2. The Hall–Kier alpha value is -3.70. The molecular formula is C20H22N8O2S. The van der Waals surface area contributed by atoms with Crippen LogP contribution in [0.3, 0.4) is 0 Å². The van der Waals surface area contributed by atoms with Gasteiger partial charge in [-0.2, -0.15) is 4.98 Å². The van der Waals surface area contributed by atoms with E-state index >= 15 is 0 Å². The fourth-order valence-electron chi connectivity index (χ4n) is 3.23. The first-order chi connectivity index (χ1) is 14.8. The van der Waals surface area contributed by atoms with Crippen LogP contribution < -0.4 is 20.7 Å². The van der Waals surface area contributed by atoms with Crippen molar-refractivity contribution in [2.24, 2.45) is 12.2 Å². The molecule has 0 unspecified atom stereocenters. The van der Waals surface area contributed by atoms with Crippen molar-refractivity contribution in [2.45, 2.75) is 4.90 Å². The van der Waals surface area contributed by atoms with Gasteiger partial charge in [0.15, 0.2) is 0 Å². The molecule has 10 nitrogen and oxygen atoms in total. The molecule has 0 fully saturated rings. The third kappa shape index (κ3) is 4.13. The zero-order valence-corrected chi connectivity index (χ0v) is 18.1. The molecule has 4 N–H and O–H groups in total. The molecule has 0 aliphatic rings. The Morgan fingerprint density at radius 2 is 1.90 bits per heavy atom. The van der Waals surface area contributed by atoms with Gasteiger partial charge in [0.25, 0.3) is 0 Å². The number of imidazole rings is 1. The molecule has 0 atom stereocenters. The predicted octanol–water partition coefficient (Wildman–Crippen LogP) is 2.56. The Morgan fingerprint density at radius 1 is 1.10 bits per heavy atom. The Bertz CT molecular complexity index is 1370. The second kappa shape index (κ2) is 7.85. The van der Waals surface area contributed by atoms with Crippen LogP contribution in [0.25, 0.3) is 11.0 Å². The van der Waals surface area contributed by atoms with Gasteiger partial charge in [-0.05, 0) is 42.5 Å². The number of nitrogens with two attached hydrogens (primary N) is 1. The quantitative estimate of drug-likeness (QED) is 0.419. The van der Waals surface area contributed by atoms with E-state index in [1.807, 2.05) is 48.8 Å². The highest BCUT2D eigenvalue weighted by molar-refractivity contribution is 7.89. The molecule has 11 heteroatoms. The fourth-order valence-corrected chi connectivity index (χ4v) is 3.79. The van der Waals surface area contributed by atoms with Crippen molar-refractivity contribution in [3.63, 3.8) is 0 Å². The van der Waals surface area contributed by atoms with Crippen molar-refractivity contribution in [2.75, 3.05) is 29.6 Å². The van der Waals surface area contributed by atoms with Crippen LogP contribution in [0.5, 0.6) is 0 Å². The lowest BCUT2D eigenvalue weighted by atomic mass is 10.2. The van der Waals surface area contributed by atoms with E-state index in [0.717, 1.165) is 22.7 Å². The van der Waals surface area contributed by atoms with Crippen LogP contribution in [0, 0.1) is 0 Å². The highest BCUT2D eigenvalue weighted by Gasteiger charge is 2.12. The van der Waals surface area contributed by atoms with E-state index in [4.69, 9.17) is 5.14 Å². The summed E-state index contributed by atoms with van der Waals surface area (Å²) in [5.74, 6) is 1.77. The largest absolute Gasteiger partial charge is 0.359 e. The lowest BCUT2D eigenvalue weighted by molar-refractivity contribution is 0.598. The first kappa shape index (κ1) is 20.6. The Kier molecular flexibility index (Phi) is 5.21.